The van der Waals surface area contributed by atoms with Crippen molar-refractivity contribution in [1.82, 2.24) is 9.88 Å². The van der Waals surface area contributed by atoms with Gasteiger partial charge in [0, 0.05) is 53.7 Å². The molecule has 3 fully saturated rings. The van der Waals surface area contributed by atoms with Crippen LogP contribution in [0.15, 0.2) is 24.3 Å². The van der Waals surface area contributed by atoms with E-state index in [1.807, 2.05) is 0 Å². The van der Waals surface area contributed by atoms with Crippen molar-refractivity contribution in [3.8, 4) is 0 Å². The lowest BCUT2D eigenvalue weighted by Crippen LogP contribution is -2.67. The summed E-state index contributed by atoms with van der Waals surface area (Å²) < 4.78 is 0. The maximum atomic E-state index is 10.0. The van der Waals surface area contributed by atoms with Crippen LogP contribution in [0.5, 0.6) is 0 Å². The molecule has 0 spiro atoms. The van der Waals surface area contributed by atoms with Gasteiger partial charge in [0.25, 0.3) is 0 Å². The Bertz CT molecular complexity index is 755. The molecule has 4 nitrogen and oxygen atoms in total. The minimum atomic E-state index is 0.234. The Morgan fingerprint density at radius 3 is 2.74 bits per heavy atom. The van der Waals surface area contributed by atoms with Gasteiger partial charge in [-0.3, -0.25) is 4.90 Å². The van der Waals surface area contributed by atoms with Crippen LogP contribution in [0.25, 0.3) is 10.9 Å². The van der Waals surface area contributed by atoms with E-state index in [4.69, 9.17) is 0 Å². The molecule has 0 amide bonds. The van der Waals surface area contributed by atoms with Crippen LogP contribution in [0.4, 0.5) is 0 Å². The van der Waals surface area contributed by atoms with Gasteiger partial charge in [0.2, 0.25) is 0 Å². The molecular weight excluding hydrogens is 288 g/mol. The Labute approximate surface area is 136 Å². The Balaban J connectivity index is 1.68. The number of H-pyrrole nitrogens is 1. The normalized spacial score (nSPS) is 41.3. The number of aromatic amines is 1. The lowest BCUT2D eigenvalue weighted by atomic mass is 9.60. The maximum absolute atomic E-state index is 10.0. The zero-order valence-electron chi connectivity index (χ0n) is 13.4. The number of nitrogens with zero attached hydrogens (tertiary/aromatic N) is 1. The Kier molecular flexibility index (Phi) is 2.94. The molecule has 2 aromatic rings. The van der Waals surface area contributed by atoms with Crippen LogP contribution in [0.1, 0.15) is 30.6 Å². The number of para-hydroxylation sites is 1. The van der Waals surface area contributed by atoms with E-state index in [2.05, 4.69) is 41.1 Å². The summed E-state index contributed by atoms with van der Waals surface area (Å²) in [7, 11) is 0. The summed E-state index contributed by atoms with van der Waals surface area (Å²) in [5, 5.41) is 21.2. The molecule has 6 unspecified atom stereocenters. The molecule has 0 aliphatic carbocycles. The predicted molar refractivity (Wildman–Crippen MR) is 89.1 cm³/mol. The topological polar surface area (TPSA) is 59.5 Å². The second kappa shape index (κ2) is 4.82. The number of rotatable bonds is 2. The van der Waals surface area contributed by atoms with Crippen molar-refractivity contribution >= 4 is 10.9 Å². The van der Waals surface area contributed by atoms with Crippen LogP contribution in [0.2, 0.25) is 0 Å². The lowest BCUT2D eigenvalue weighted by Gasteiger charge is -2.63. The van der Waals surface area contributed by atoms with Gasteiger partial charge < -0.3 is 15.2 Å². The van der Waals surface area contributed by atoms with E-state index in [1.165, 1.54) is 22.2 Å². The molecule has 23 heavy (non-hydrogen) atoms. The minimum absolute atomic E-state index is 0.234. The highest BCUT2D eigenvalue weighted by atomic mass is 16.3. The number of aliphatic hydroxyl groups is 2. The second-order valence-corrected chi connectivity index (χ2v) is 7.63. The van der Waals surface area contributed by atoms with Gasteiger partial charge in [-0.25, -0.2) is 0 Å². The van der Waals surface area contributed by atoms with Crippen LogP contribution in [0, 0.1) is 17.8 Å². The summed E-state index contributed by atoms with van der Waals surface area (Å²) in [5.74, 6) is 1.02. The summed E-state index contributed by atoms with van der Waals surface area (Å²) in [6, 6.07) is 9.79. The van der Waals surface area contributed by atoms with Crippen LogP contribution in [0.3, 0.4) is 0 Å². The third-order valence-corrected chi connectivity index (χ3v) is 6.94. The van der Waals surface area contributed by atoms with Gasteiger partial charge in [0.15, 0.2) is 0 Å². The molecule has 3 N–H and O–H groups in total. The predicted octanol–water partition coefficient (Wildman–Crippen LogP) is 2.07. The van der Waals surface area contributed by atoms with Gasteiger partial charge in [-0.15, -0.1) is 0 Å². The highest BCUT2D eigenvalue weighted by Gasteiger charge is 2.57. The molecule has 4 aliphatic heterocycles. The SMILES string of the molecule is CC1C(CO)C2C[C@H]3c4[nH]c5ccccc5c4CC(C2CO)N13. The van der Waals surface area contributed by atoms with Gasteiger partial charge in [-0.2, -0.15) is 0 Å². The molecule has 5 heterocycles. The first-order valence-electron chi connectivity index (χ1n) is 8.83. The van der Waals surface area contributed by atoms with Crippen molar-refractivity contribution in [3.63, 3.8) is 0 Å². The minimum Gasteiger partial charge on any atom is -0.396 e. The number of hydrogen-bond donors (Lipinski definition) is 3. The fraction of sp³-hybridized carbons (Fsp3) is 0.579. The van der Waals surface area contributed by atoms with Crippen molar-refractivity contribution in [2.24, 2.45) is 17.8 Å². The van der Waals surface area contributed by atoms with Crippen molar-refractivity contribution in [2.75, 3.05) is 13.2 Å². The van der Waals surface area contributed by atoms with E-state index in [1.54, 1.807) is 0 Å². The third kappa shape index (κ3) is 1.66. The number of piperidine rings is 3. The zero-order chi connectivity index (χ0) is 15.7. The molecule has 4 heteroatoms. The highest BCUT2D eigenvalue weighted by molar-refractivity contribution is 5.85. The smallest absolute Gasteiger partial charge is 0.0510 e. The molecule has 122 valence electrons. The molecule has 0 radical (unpaired) electrons. The van der Waals surface area contributed by atoms with Crippen LogP contribution in [-0.4, -0.2) is 45.4 Å². The third-order valence-electron chi connectivity index (χ3n) is 6.94. The number of aromatic nitrogens is 1. The number of benzene rings is 1. The monoisotopic (exact) mass is 312 g/mol. The summed E-state index contributed by atoms with van der Waals surface area (Å²) in [5.41, 5.74) is 4.07. The van der Waals surface area contributed by atoms with E-state index in [-0.39, 0.29) is 13.2 Å². The first kappa shape index (κ1) is 14.0. The van der Waals surface area contributed by atoms with Gasteiger partial charge >= 0.3 is 0 Å². The van der Waals surface area contributed by atoms with Crippen molar-refractivity contribution in [2.45, 2.75) is 37.9 Å². The number of nitrogens with one attached hydrogen (secondary N) is 1. The molecule has 6 rings (SSSR count). The Morgan fingerprint density at radius 2 is 1.96 bits per heavy atom. The Morgan fingerprint density at radius 1 is 1.17 bits per heavy atom. The van der Waals surface area contributed by atoms with E-state index in [0.29, 0.717) is 35.9 Å². The first-order chi connectivity index (χ1) is 11.2. The number of aliphatic hydroxyl groups excluding tert-OH is 2. The summed E-state index contributed by atoms with van der Waals surface area (Å²) in [4.78, 5) is 6.27. The van der Waals surface area contributed by atoms with E-state index in [9.17, 15) is 10.2 Å². The van der Waals surface area contributed by atoms with E-state index < -0.39 is 0 Å². The second-order valence-electron chi connectivity index (χ2n) is 7.63. The van der Waals surface area contributed by atoms with Crippen LogP contribution < -0.4 is 0 Å². The van der Waals surface area contributed by atoms with Crippen LogP contribution >= 0.6 is 0 Å². The molecule has 7 atom stereocenters. The molecule has 1 aromatic heterocycles. The van der Waals surface area contributed by atoms with Crippen molar-refractivity contribution < 1.29 is 10.2 Å². The lowest BCUT2D eigenvalue weighted by molar-refractivity contribution is -0.154. The summed E-state index contributed by atoms with van der Waals surface area (Å²) in [6.45, 7) is 2.73. The summed E-state index contributed by atoms with van der Waals surface area (Å²) in [6.07, 6.45) is 2.07. The van der Waals surface area contributed by atoms with Crippen LogP contribution in [-0.2, 0) is 6.42 Å². The summed E-state index contributed by atoms with van der Waals surface area (Å²) >= 11 is 0. The average Bonchev–Trinajstić information content (AvgIpc) is 2.94. The quantitative estimate of drug-likeness (QED) is 0.796. The largest absolute Gasteiger partial charge is 0.396 e. The number of fused-ring (bicyclic) bond motifs is 4. The molecule has 4 bridgehead atoms. The van der Waals surface area contributed by atoms with E-state index >= 15 is 0 Å². The van der Waals surface area contributed by atoms with Gasteiger partial charge in [-0.1, -0.05) is 18.2 Å². The Hall–Kier alpha value is -1.36. The molecule has 0 saturated carbocycles. The van der Waals surface area contributed by atoms with Gasteiger partial charge in [-0.05, 0) is 37.3 Å². The number of hydrogen-bond acceptors (Lipinski definition) is 3. The fourth-order valence-corrected chi connectivity index (χ4v) is 5.95. The van der Waals surface area contributed by atoms with Crippen molar-refractivity contribution in [3.05, 3.63) is 35.5 Å². The molecule has 1 aromatic carbocycles. The van der Waals surface area contributed by atoms with E-state index in [0.717, 1.165) is 12.8 Å². The molecule has 3 saturated heterocycles. The van der Waals surface area contributed by atoms with Gasteiger partial charge in [0.1, 0.15) is 0 Å². The maximum Gasteiger partial charge on any atom is 0.0510 e. The standard InChI is InChI=1S/C19H24N2O2/c1-10-14(8-22)12-6-18-19-13(7-17(21(10)18)15(12)9-23)11-4-2-3-5-16(11)20-19/h2-5,10,12,14-15,17-18,20,22-23H,6-9H2,1H3/t10?,12?,14?,15?,17?,18-/m0/s1. The molecule has 4 aliphatic rings. The van der Waals surface area contributed by atoms with Gasteiger partial charge in [0.05, 0.1) is 6.04 Å². The first-order valence-corrected chi connectivity index (χ1v) is 8.83. The van der Waals surface area contributed by atoms with Crippen molar-refractivity contribution in [1.29, 1.82) is 0 Å². The average molecular weight is 312 g/mol. The molecular formula is C19H24N2O2. The zero-order valence-corrected chi connectivity index (χ0v) is 13.4. The fourth-order valence-electron chi connectivity index (χ4n) is 5.95. The highest BCUT2D eigenvalue weighted by Crippen LogP contribution is 2.56.